The fourth-order valence-corrected chi connectivity index (χ4v) is 3.13. The van der Waals surface area contributed by atoms with Crippen molar-refractivity contribution in [2.24, 2.45) is 11.7 Å². The van der Waals surface area contributed by atoms with Gasteiger partial charge in [-0.15, -0.1) is 0 Å². The molecule has 0 unspecified atom stereocenters. The number of hydrogen-bond donors (Lipinski definition) is 3. The van der Waals surface area contributed by atoms with Crippen LogP contribution in [0.1, 0.15) is 31.4 Å². The lowest BCUT2D eigenvalue weighted by atomic mass is 9.86. The summed E-state index contributed by atoms with van der Waals surface area (Å²) in [5.41, 5.74) is 6.24. The summed E-state index contributed by atoms with van der Waals surface area (Å²) in [5.74, 6) is 0.813. The van der Waals surface area contributed by atoms with E-state index in [0.717, 1.165) is 30.4 Å². The van der Waals surface area contributed by atoms with Crippen LogP contribution in [-0.4, -0.2) is 27.5 Å². The van der Waals surface area contributed by atoms with Gasteiger partial charge in [-0.1, -0.05) is 0 Å². The van der Waals surface area contributed by atoms with Crippen LogP contribution >= 0.6 is 0 Å². The first-order chi connectivity index (χ1) is 13.0. The van der Waals surface area contributed by atoms with E-state index in [2.05, 4.69) is 20.6 Å². The molecule has 2 aromatic heterocycles. The van der Waals surface area contributed by atoms with Crippen molar-refractivity contribution in [2.45, 2.75) is 38.3 Å². The van der Waals surface area contributed by atoms with Crippen LogP contribution in [-0.2, 0) is 6.54 Å². The van der Waals surface area contributed by atoms with E-state index in [1.54, 1.807) is 18.2 Å². The van der Waals surface area contributed by atoms with Gasteiger partial charge >= 0.3 is 5.69 Å². The van der Waals surface area contributed by atoms with E-state index in [9.17, 15) is 15.3 Å². The molecule has 10 heteroatoms. The molecule has 1 fully saturated rings. The number of nitrogens with one attached hydrogen (secondary N) is 2. The standard InChI is InChI=1S/C17H23N7O3/c18-13-6-4-12(5-7-13)9-19-16-15(24(26)27)11-21-17(22-16)20-10-14-3-1-2-8-23(14)25/h1-3,8,11-13H,4-7,9-10,18H2,(H2,19,20,21,22). The fourth-order valence-electron chi connectivity index (χ4n) is 3.13. The topological polar surface area (TPSA) is 146 Å². The van der Waals surface area contributed by atoms with Crippen molar-refractivity contribution in [1.29, 1.82) is 0 Å². The molecule has 10 nitrogen and oxygen atoms in total. The Labute approximate surface area is 156 Å². The van der Waals surface area contributed by atoms with Crippen molar-refractivity contribution in [3.63, 3.8) is 0 Å². The van der Waals surface area contributed by atoms with Crippen molar-refractivity contribution < 1.29 is 9.65 Å². The predicted octanol–water partition coefficient (Wildman–Crippen LogP) is 1.56. The highest BCUT2D eigenvalue weighted by Crippen LogP contribution is 2.26. The van der Waals surface area contributed by atoms with Gasteiger partial charge in [-0.2, -0.15) is 9.71 Å². The largest absolute Gasteiger partial charge is 0.618 e. The number of nitrogens with zero attached hydrogens (tertiary/aromatic N) is 4. The monoisotopic (exact) mass is 373 g/mol. The quantitative estimate of drug-likeness (QED) is 0.287. The maximum absolute atomic E-state index is 11.7. The highest BCUT2D eigenvalue weighted by molar-refractivity contribution is 5.57. The SMILES string of the molecule is NC1CCC(CNc2nc(NCc3cccc[n+]3[O-])ncc2[N+](=O)[O-])CC1. The maximum Gasteiger partial charge on any atom is 0.329 e. The number of nitro groups is 1. The van der Waals surface area contributed by atoms with E-state index in [4.69, 9.17) is 5.73 Å². The molecule has 4 N–H and O–H groups in total. The Morgan fingerprint density at radius 1 is 1.26 bits per heavy atom. The Morgan fingerprint density at radius 3 is 2.74 bits per heavy atom. The summed E-state index contributed by atoms with van der Waals surface area (Å²) in [6.45, 7) is 0.811. The first-order valence-electron chi connectivity index (χ1n) is 8.94. The van der Waals surface area contributed by atoms with E-state index in [-0.39, 0.29) is 30.0 Å². The van der Waals surface area contributed by atoms with Crippen molar-refractivity contribution in [3.05, 3.63) is 51.6 Å². The first kappa shape index (κ1) is 18.8. The molecule has 0 bridgehead atoms. The van der Waals surface area contributed by atoms with Crippen molar-refractivity contribution in [3.8, 4) is 0 Å². The van der Waals surface area contributed by atoms with Gasteiger partial charge in [0.05, 0.1) is 4.92 Å². The summed E-state index contributed by atoms with van der Waals surface area (Å²) < 4.78 is 0.741. The zero-order valence-electron chi connectivity index (χ0n) is 14.9. The number of pyridine rings is 1. The van der Waals surface area contributed by atoms with Crippen molar-refractivity contribution >= 4 is 17.5 Å². The average molecular weight is 373 g/mol. The van der Waals surface area contributed by atoms with Gasteiger partial charge in [0.1, 0.15) is 12.7 Å². The minimum absolute atomic E-state index is 0.174. The predicted molar refractivity (Wildman–Crippen MR) is 99.8 cm³/mol. The van der Waals surface area contributed by atoms with Gasteiger partial charge in [-0.05, 0) is 37.7 Å². The summed E-state index contributed by atoms with van der Waals surface area (Å²) in [6.07, 6.45) is 6.50. The van der Waals surface area contributed by atoms with Crippen LogP contribution in [0.3, 0.4) is 0 Å². The van der Waals surface area contributed by atoms with Gasteiger partial charge < -0.3 is 21.6 Å². The van der Waals surface area contributed by atoms with Crippen LogP contribution in [0.4, 0.5) is 17.5 Å². The molecule has 0 atom stereocenters. The minimum Gasteiger partial charge on any atom is -0.618 e. The molecule has 1 aliphatic rings. The lowest BCUT2D eigenvalue weighted by Crippen LogP contribution is -2.32. The zero-order chi connectivity index (χ0) is 19.2. The van der Waals surface area contributed by atoms with Gasteiger partial charge in [0.25, 0.3) is 0 Å². The highest BCUT2D eigenvalue weighted by Gasteiger charge is 2.22. The second-order valence-corrected chi connectivity index (χ2v) is 6.72. The molecule has 0 radical (unpaired) electrons. The van der Waals surface area contributed by atoms with Crippen molar-refractivity contribution in [2.75, 3.05) is 17.2 Å². The van der Waals surface area contributed by atoms with E-state index in [0.29, 0.717) is 18.2 Å². The Hall–Kier alpha value is -3.01. The molecule has 1 saturated carbocycles. The Morgan fingerprint density at radius 2 is 2.04 bits per heavy atom. The molecule has 144 valence electrons. The molecule has 27 heavy (non-hydrogen) atoms. The third kappa shape index (κ3) is 5.00. The maximum atomic E-state index is 11.7. The Kier molecular flexibility index (Phi) is 5.97. The summed E-state index contributed by atoms with van der Waals surface area (Å²) in [6, 6.07) is 5.33. The third-order valence-electron chi connectivity index (χ3n) is 4.75. The molecule has 2 aromatic rings. The summed E-state index contributed by atoms with van der Waals surface area (Å²) in [7, 11) is 0. The second kappa shape index (κ2) is 8.58. The van der Waals surface area contributed by atoms with Crippen LogP contribution < -0.4 is 21.1 Å². The lowest BCUT2D eigenvalue weighted by Gasteiger charge is -2.26. The molecule has 0 spiro atoms. The van der Waals surface area contributed by atoms with Gasteiger partial charge in [-0.3, -0.25) is 10.1 Å². The lowest BCUT2D eigenvalue weighted by molar-refractivity contribution is -0.613. The number of hydrogen-bond acceptors (Lipinski definition) is 8. The smallest absolute Gasteiger partial charge is 0.329 e. The first-order valence-corrected chi connectivity index (χ1v) is 8.94. The number of aromatic nitrogens is 3. The normalized spacial score (nSPS) is 19.4. The zero-order valence-corrected chi connectivity index (χ0v) is 14.9. The molecule has 0 amide bonds. The van der Waals surface area contributed by atoms with Gasteiger partial charge in [0, 0.05) is 24.7 Å². The van der Waals surface area contributed by atoms with Crippen LogP contribution in [0, 0.1) is 21.2 Å². The van der Waals surface area contributed by atoms with E-state index >= 15 is 0 Å². The van der Waals surface area contributed by atoms with Crippen LogP contribution in [0.2, 0.25) is 0 Å². The van der Waals surface area contributed by atoms with Crippen LogP contribution in [0.25, 0.3) is 0 Å². The van der Waals surface area contributed by atoms with E-state index in [1.807, 2.05) is 0 Å². The van der Waals surface area contributed by atoms with Crippen LogP contribution in [0.15, 0.2) is 30.6 Å². The number of nitrogens with two attached hydrogens (primary N) is 1. The number of anilines is 2. The Balaban J connectivity index is 1.67. The van der Waals surface area contributed by atoms with Crippen LogP contribution in [0.5, 0.6) is 0 Å². The molecule has 0 aromatic carbocycles. The van der Waals surface area contributed by atoms with Gasteiger partial charge in [0.15, 0.2) is 6.20 Å². The van der Waals surface area contributed by atoms with Gasteiger partial charge in [-0.25, -0.2) is 4.98 Å². The van der Waals surface area contributed by atoms with Gasteiger partial charge in [0.2, 0.25) is 17.5 Å². The number of rotatable bonds is 7. The molecular weight excluding hydrogens is 350 g/mol. The molecule has 2 heterocycles. The van der Waals surface area contributed by atoms with E-state index < -0.39 is 4.92 Å². The summed E-state index contributed by atoms with van der Waals surface area (Å²) >= 11 is 0. The third-order valence-corrected chi connectivity index (χ3v) is 4.75. The molecular formula is C17H23N7O3. The van der Waals surface area contributed by atoms with E-state index in [1.165, 1.54) is 12.4 Å². The fraction of sp³-hybridized carbons (Fsp3) is 0.471. The highest BCUT2D eigenvalue weighted by atomic mass is 16.6. The summed E-state index contributed by atoms with van der Waals surface area (Å²) in [5, 5.41) is 29.0. The average Bonchev–Trinajstić information content (AvgIpc) is 2.67. The molecule has 0 aliphatic heterocycles. The molecule has 1 aliphatic carbocycles. The molecule has 0 saturated heterocycles. The molecule has 3 rings (SSSR count). The second-order valence-electron chi connectivity index (χ2n) is 6.72. The van der Waals surface area contributed by atoms with Crippen molar-refractivity contribution in [1.82, 2.24) is 9.97 Å². The Bertz CT molecular complexity index is 794. The minimum atomic E-state index is -0.508. The summed E-state index contributed by atoms with van der Waals surface area (Å²) in [4.78, 5) is 19.0.